The molecule has 2 heteroatoms. The molecule has 0 saturated carbocycles. The van der Waals surface area contributed by atoms with Crippen molar-refractivity contribution in [3.63, 3.8) is 0 Å². The summed E-state index contributed by atoms with van der Waals surface area (Å²) in [6.45, 7) is 5.69. The molecule has 1 aromatic rings. The van der Waals surface area contributed by atoms with Gasteiger partial charge < -0.3 is 11.1 Å². The van der Waals surface area contributed by atoms with Crippen LogP contribution in [0.4, 0.5) is 0 Å². The predicted molar refractivity (Wildman–Crippen MR) is 77.4 cm³/mol. The van der Waals surface area contributed by atoms with Crippen LogP contribution in [0.1, 0.15) is 62.7 Å². The first-order valence-electron chi connectivity index (χ1n) is 7.26. The predicted octanol–water partition coefficient (Wildman–Crippen LogP) is 3.55. The Kier molecular flexibility index (Phi) is 4.79. The fourth-order valence-electron chi connectivity index (χ4n) is 2.82. The number of fused-ring (bicyclic) bond motifs is 1. The van der Waals surface area contributed by atoms with Crippen LogP contribution < -0.4 is 11.1 Å². The SMILES string of the molecule is CC(C)CCCCNC1CC(N)c2ccccc21. The topological polar surface area (TPSA) is 38.0 Å². The molecule has 18 heavy (non-hydrogen) atoms. The first-order valence-corrected chi connectivity index (χ1v) is 7.26. The monoisotopic (exact) mass is 246 g/mol. The molecular weight excluding hydrogens is 220 g/mol. The molecule has 0 amide bonds. The van der Waals surface area contributed by atoms with Crippen molar-refractivity contribution in [1.82, 2.24) is 5.32 Å². The highest BCUT2D eigenvalue weighted by molar-refractivity contribution is 5.37. The van der Waals surface area contributed by atoms with Crippen LogP contribution in [-0.4, -0.2) is 6.54 Å². The van der Waals surface area contributed by atoms with Gasteiger partial charge in [-0.25, -0.2) is 0 Å². The van der Waals surface area contributed by atoms with E-state index in [1.165, 1.54) is 30.4 Å². The molecule has 0 saturated heterocycles. The zero-order chi connectivity index (χ0) is 13.0. The van der Waals surface area contributed by atoms with Gasteiger partial charge in [0, 0.05) is 12.1 Å². The first-order chi connectivity index (χ1) is 8.68. The molecular formula is C16H26N2. The first kappa shape index (κ1) is 13.6. The molecule has 0 spiro atoms. The Balaban J connectivity index is 1.78. The Morgan fingerprint density at radius 1 is 1.22 bits per heavy atom. The van der Waals surface area contributed by atoms with Crippen LogP contribution in [0.25, 0.3) is 0 Å². The van der Waals surface area contributed by atoms with Crippen LogP contribution in [0.2, 0.25) is 0 Å². The van der Waals surface area contributed by atoms with Gasteiger partial charge in [-0.2, -0.15) is 0 Å². The van der Waals surface area contributed by atoms with Crippen molar-refractivity contribution in [2.24, 2.45) is 11.7 Å². The van der Waals surface area contributed by atoms with E-state index in [0.717, 1.165) is 18.9 Å². The largest absolute Gasteiger partial charge is 0.324 e. The lowest BCUT2D eigenvalue weighted by Gasteiger charge is -2.14. The van der Waals surface area contributed by atoms with Gasteiger partial charge in [-0.15, -0.1) is 0 Å². The van der Waals surface area contributed by atoms with Gasteiger partial charge >= 0.3 is 0 Å². The number of unbranched alkanes of at least 4 members (excludes halogenated alkanes) is 1. The summed E-state index contributed by atoms with van der Waals surface area (Å²) in [5.41, 5.74) is 8.91. The lowest BCUT2D eigenvalue weighted by Crippen LogP contribution is -2.21. The summed E-state index contributed by atoms with van der Waals surface area (Å²) in [5, 5.41) is 3.66. The van der Waals surface area contributed by atoms with E-state index >= 15 is 0 Å². The third-order valence-electron chi connectivity index (χ3n) is 3.86. The molecule has 3 N–H and O–H groups in total. The second-order valence-electron chi connectivity index (χ2n) is 5.87. The van der Waals surface area contributed by atoms with Crippen LogP contribution in [0.3, 0.4) is 0 Å². The highest BCUT2D eigenvalue weighted by atomic mass is 14.9. The van der Waals surface area contributed by atoms with Gasteiger partial charge in [0.15, 0.2) is 0 Å². The van der Waals surface area contributed by atoms with Crippen molar-refractivity contribution in [2.75, 3.05) is 6.54 Å². The molecule has 2 unspecified atom stereocenters. The molecule has 1 aliphatic carbocycles. The minimum absolute atomic E-state index is 0.217. The van der Waals surface area contributed by atoms with Crippen molar-refractivity contribution in [3.05, 3.63) is 35.4 Å². The van der Waals surface area contributed by atoms with Gasteiger partial charge in [-0.3, -0.25) is 0 Å². The van der Waals surface area contributed by atoms with E-state index < -0.39 is 0 Å². The maximum atomic E-state index is 6.17. The highest BCUT2D eigenvalue weighted by Gasteiger charge is 2.27. The number of hydrogen-bond donors (Lipinski definition) is 2. The maximum absolute atomic E-state index is 6.17. The highest BCUT2D eigenvalue weighted by Crippen LogP contribution is 2.36. The molecule has 0 aliphatic heterocycles. The molecule has 2 nitrogen and oxygen atoms in total. The lowest BCUT2D eigenvalue weighted by atomic mass is 10.1. The smallest absolute Gasteiger partial charge is 0.0341 e. The van der Waals surface area contributed by atoms with E-state index in [9.17, 15) is 0 Å². The van der Waals surface area contributed by atoms with Crippen LogP contribution in [0.15, 0.2) is 24.3 Å². The molecule has 0 heterocycles. The lowest BCUT2D eigenvalue weighted by molar-refractivity contribution is 0.467. The van der Waals surface area contributed by atoms with Crippen LogP contribution >= 0.6 is 0 Å². The third kappa shape index (κ3) is 3.33. The summed E-state index contributed by atoms with van der Waals surface area (Å²) in [4.78, 5) is 0. The van der Waals surface area contributed by atoms with Crippen molar-refractivity contribution in [3.8, 4) is 0 Å². The zero-order valence-electron chi connectivity index (χ0n) is 11.7. The number of hydrogen-bond acceptors (Lipinski definition) is 2. The maximum Gasteiger partial charge on any atom is 0.0341 e. The van der Waals surface area contributed by atoms with Crippen LogP contribution in [0, 0.1) is 5.92 Å². The fourth-order valence-corrected chi connectivity index (χ4v) is 2.82. The van der Waals surface area contributed by atoms with Gasteiger partial charge in [-0.05, 0) is 36.4 Å². The second-order valence-corrected chi connectivity index (χ2v) is 5.87. The van der Waals surface area contributed by atoms with Crippen LogP contribution in [0.5, 0.6) is 0 Å². The number of nitrogens with two attached hydrogens (primary N) is 1. The van der Waals surface area contributed by atoms with Gasteiger partial charge in [0.05, 0.1) is 0 Å². The summed E-state index contributed by atoms with van der Waals surface area (Å²) < 4.78 is 0. The molecule has 2 rings (SSSR count). The number of rotatable bonds is 6. The van der Waals surface area contributed by atoms with Gasteiger partial charge in [0.2, 0.25) is 0 Å². The van der Waals surface area contributed by atoms with Gasteiger partial charge in [-0.1, -0.05) is 51.0 Å². The van der Waals surface area contributed by atoms with Gasteiger partial charge in [0.1, 0.15) is 0 Å². The summed E-state index contributed by atoms with van der Waals surface area (Å²) in [6, 6.07) is 9.27. The Hall–Kier alpha value is -0.860. The van der Waals surface area contributed by atoms with Crippen molar-refractivity contribution in [2.45, 2.75) is 51.6 Å². The minimum atomic E-state index is 0.217. The average molecular weight is 246 g/mol. The van der Waals surface area contributed by atoms with Crippen molar-refractivity contribution < 1.29 is 0 Å². The van der Waals surface area contributed by atoms with E-state index in [4.69, 9.17) is 5.73 Å². The Labute approximate surface area is 111 Å². The van der Waals surface area contributed by atoms with Gasteiger partial charge in [0.25, 0.3) is 0 Å². The normalized spacial score (nSPS) is 22.4. The summed E-state index contributed by atoms with van der Waals surface area (Å²) in [5.74, 6) is 0.825. The molecule has 0 bridgehead atoms. The molecule has 100 valence electrons. The van der Waals surface area contributed by atoms with E-state index in [-0.39, 0.29) is 6.04 Å². The van der Waals surface area contributed by atoms with E-state index in [1.54, 1.807) is 0 Å². The molecule has 0 fully saturated rings. The standard InChI is InChI=1S/C16H26N2/c1-12(2)7-5-6-10-18-16-11-15(17)13-8-3-4-9-14(13)16/h3-4,8-9,12,15-16,18H,5-7,10-11,17H2,1-2H3. The van der Waals surface area contributed by atoms with Crippen molar-refractivity contribution >= 4 is 0 Å². The molecule has 1 aliphatic rings. The Morgan fingerprint density at radius 3 is 2.67 bits per heavy atom. The average Bonchev–Trinajstić information content (AvgIpc) is 2.66. The Morgan fingerprint density at radius 2 is 1.94 bits per heavy atom. The van der Waals surface area contributed by atoms with E-state index in [0.29, 0.717) is 6.04 Å². The zero-order valence-corrected chi connectivity index (χ0v) is 11.7. The van der Waals surface area contributed by atoms with Crippen LogP contribution in [-0.2, 0) is 0 Å². The molecule has 1 aromatic carbocycles. The summed E-state index contributed by atoms with van der Waals surface area (Å²) in [7, 11) is 0. The minimum Gasteiger partial charge on any atom is -0.324 e. The van der Waals surface area contributed by atoms with E-state index in [2.05, 4.69) is 43.4 Å². The Bertz CT molecular complexity index is 373. The quantitative estimate of drug-likeness (QED) is 0.753. The summed E-state index contributed by atoms with van der Waals surface area (Å²) >= 11 is 0. The van der Waals surface area contributed by atoms with E-state index in [1.807, 2.05) is 0 Å². The molecule has 0 radical (unpaired) electrons. The number of nitrogens with one attached hydrogen (secondary N) is 1. The third-order valence-corrected chi connectivity index (χ3v) is 3.86. The molecule has 0 aromatic heterocycles. The molecule has 2 atom stereocenters. The fraction of sp³-hybridized carbons (Fsp3) is 0.625. The number of benzene rings is 1. The van der Waals surface area contributed by atoms with Crippen molar-refractivity contribution in [1.29, 1.82) is 0 Å². The summed E-state index contributed by atoms with van der Waals surface area (Å²) in [6.07, 6.45) is 4.98. The second kappa shape index (κ2) is 6.35.